The van der Waals surface area contributed by atoms with E-state index in [9.17, 15) is 23.5 Å². The number of esters is 1. The predicted molar refractivity (Wildman–Crippen MR) is 101 cm³/mol. The Hall–Kier alpha value is -2.10. The van der Waals surface area contributed by atoms with E-state index in [1.807, 2.05) is 0 Å². The molecule has 0 aliphatic heterocycles. The van der Waals surface area contributed by atoms with E-state index in [0.29, 0.717) is 32.6 Å². The zero-order chi connectivity index (χ0) is 19.9. The van der Waals surface area contributed by atoms with Gasteiger partial charge in [-0.25, -0.2) is 0 Å². The number of carbonyl (C=O) groups is 2. The Morgan fingerprint density at radius 2 is 2.04 bits per heavy atom. The molecule has 10 heteroatoms. The Morgan fingerprint density at radius 1 is 1.33 bits per heavy atom. The van der Waals surface area contributed by atoms with Crippen LogP contribution in [0.15, 0.2) is 28.5 Å². The van der Waals surface area contributed by atoms with Gasteiger partial charge in [-0.15, -0.1) is 11.3 Å². The van der Waals surface area contributed by atoms with Crippen LogP contribution < -0.4 is 4.74 Å². The van der Waals surface area contributed by atoms with E-state index in [2.05, 4.69) is 0 Å². The van der Waals surface area contributed by atoms with Crippen molar-refractivity contribution >= 4 is 57.5 Å². The van der Waals surface area contributed by atoms with Crippen molar-refractivity contribution in [2.75, 3.05) is 0 Å². The third-order valence-electron chi connectivity index (χ3n) is 3.66. The molecule has 0 unspecified atom stereocenters. The fourth-order valence-electron chi connectivity index (χ4n) is 2.63. The number of rotatable bonds is 4. The van der Waals surface area contributed by atoms with Crippen LogP contribution in [0.4, 0.5) is 8.78 Å². The highest BCUT2D eigenvalue weighted by Gasteiger charge is 2.24. The van der Waals surface area contributed by atoms with Crippen LogP contribution in [0.1, 0.15) is 22.3 Å². The second-order valence-electron chi connectivity index (χ2n) is 5.47. The first-order valence-corrected chi connectivity index (χ1v) is 9.57. The lowest BCUT2D eigenvalue weighted by Gasteiger charge is -2.06. The summed E-state index contributed by atoms with van der Waals surface area (Å²) in [7, 11) is 0. The molecule has 5 nitrogen and oxygen atoms in total. The molecule has 0 aliphatic rings. The summed E-state index contributed by atoms with van der Waals surface area (Å²) < 4.78 is 31.8. The van der Waals surface area contributed by atoms with Crippen molar-refractivity contribution in [2.24, 2.45) is 0 Å². The second kappa shape index (κ2) is 7.49. The van der Waals surface area contributed by atoms with Gasteiger partial charge in [0, 0.05) is 12.3 Å². The fraction of sp³-hybridized carbons (Fsp3) is 0.176. The molecule has 2 heterocycles. The molecule has 3 aromatic rings. The molecule has 3 rings (SSSR count). The fourth-order valence-corrected chi connectivity index (χ4v) is 4.45. The van der Waals surface area contributed by atoms with Crippen molar-refractivity contribution in [2.45, 2.75) is 23.8 Å². The molecule has 2 aromatic heterocycles. The van der Waals surface area contributed by atoms with Crippen molar-refractivity contribution in [3.8, 4) is 11.5 Å². The Balaban J connectivity index is 2.16. The molecule has 0 bridgehead atoms. The number of hydrogen-bond donors (Lipinski definition) is 1. The molecular formula is C17H12ClF2NO4S2. The number of fused-ring (bicyclic) bond motifs is 1. The lowest BCUT2D eigenvalue weighted by atomic mass is 10.2. The van der Waals surface area contributed by atoms with Gasteiger partial charge in [0.2, 0.25) is 0 Å². The summed E-state index contributed by atoms with van der Waals surface area (Å²) in [6.45, 7) is 2.79. The van der Waals surface area contributed by atoms with Crippen molar-refractivity contribution < 1.29 is 28.2 Å². The zero-order valence-corrected chi connectivity index (χ0v) is 16.3. The molecule has 1 N–H and O–H groups in total. The number of nitrogens with zero attached hydrogens (tertiary/aromatic N) is 1. The highest BCUT2D eigenvalue weighted by atomic mass is 35.5. The number of halogens is 3. The maximum absolute atomic E-state index is 13.0. The highest BCUT2D eigenvalue weighted by molar-refractivity contribution is 8.01. The average molecular weight is 432 g/mol. The van der Waals surface area contributed by atoms with E-state index in [-0.39, 0.29) is 21.4 Å². The Morgan fingerprint density at radius 3 is 2.67 bits per heavy atom. The van der Waals surface area contributed by atoms with Crippen LogP contribution in [-0.4, -0.2) is 27.3 Å². The second-order valence-corrected chi connectivity index (χ2v) is 8.25. The Bertz CT molecular complexity index is 1060. The topological polar surface area (TPSA) is 68.5 Å². The number of phenolic OH excluding ortho intramolecular Hbond substituents is 1. The summed E-state index contributed by atoms with van der Waals surface area (Å²) in [6, 6.07) is 5.59. The lowest BCUT2D eigenvalue weighted by molar-refractivity contribution is -0.131. The van der Waals surface area contributed by atoms with E-state index >= 15 is 0 Å². The van der Waals surface area contributed by atoms with Crippen LogP contribution in [0.5, 0.6) is 11.5 Å². The molecule has 0 spiro atoms. The molecule has 0 fully saturated rings. The molecular weight excluding hydrogens is 420 g/mol. The summed E-state index contributed by atoms with van der Waals surface area (Å²) in [4.78, 5) is 24.7. The molecule has 0 amide bonds. The van der Waals surface area contributed by atoms with Crippen LogP contribution in [-0.2, 0) is 4.79 Å². The van der Waals surface area contributed by atoms with E-state index < -0.39 is 17.6 Å². The maximum Gasteiger partial charge on any atom is 0.308 e. The van der Waals surface area contributed by atoms with Gasteiger partial charge in [0.15, 0.2) is 5.75 Å². The molecule has 0 saturated heterocycles. The third-order valence-corrected chi connectivity index (χ3v) is 5.92. The molecule has 0 radical (unpaired) electrons. The first-order valence-electron chi connectivity index (χ1n) is 7.50. The van der Waals surface area contributed by atoms with Gasteiger partial charge in [0.05, 0.1) is 25.3 Å². The van der Waals surface area contributed by atoms with Gasteiger partial charge in [-0.1, -0.05) is 11.6 Å². The van der Waals surface area contributed by atoms with E-state index in [1.165, 1.54) is 35.8 Å². The van der Waals surface area contributed by atoms with Crippen molar-refractivity contribution in [1.29, 1.82) is 0 Å². The van der Waals surface area contributed by atoms with Crippen LogP contribution in [0.25, 0.3) is 10.9 Å². The summed E-state index contributed by atoms with van der Waals surface area (Å²) in [5.41, 5.74) is 0.649. The number of thioether (sulfide) groups is 1. The number of ether oxygens (including phenoxy) is 1. The predicted octanol–water partition coefficient (Wildman–Crippen LogP) is 5.30. The van der Waals surface area contributed by atoms with Gasteiger partial charge in [-0.05, 0) is 43.0 Å². The lowest BCUT2D eigenvalue weighted by Crippen LogP contribution is -2.12. The van der Waals surface area contributed by atoms with Crippen LogP contribution in [0.2, 0.25) is 5.02 Å². The molecule has 142 valence electrons. The molecule has 0 atom stereocenters. The van der Waals surface area contributed by atoms with Crippen LogP contribution in [0.3, 0.4) is 0 Å². The van der Waals surface area contributed by atoms with Gasteiger partial charge >= 0.3 is 5.97 Å². The normalized spacial score (nSPS) is 11.3. The number of alkyl halides is 2. The van der Waals surface area contributed by atoms with E-state index in [0.717, 1.165) is 11.3 Å². The van der Waals surface area contributed by atoms with Gasteiger partial charge in [0.1, 0.15) is 5.75 Å². The maximum atomic E-state index is 13.0. The summed E-state index contributed by atoms with van der Waals surface area (Å²) in [6.07, 6.45) is 0. The summed E-state index contributed by atoms with van der Waals surface area (Å²) in [5, 5.41) is 10.2. The largest absolute Gasteiger partial charge is 0.506 e. The number of carbonyl (C=O) groups excluding carboxylic acids is 2. The van der Waals surface area contributed by atoms with Crippen molar-refractivity contribution in [3.05, 3.63) is 39.9 Å². The number of thiophene rings is 1. The molecule has 27 heavy (non-hydrogen) atoms. The number of aromatic hydroxyl groups is 1. The quantitative estimate of drug-likeness (QED) is 0.448. The van der Waals surface area contributed by atoms with Crippen molar-refractivity contribution in [3.63, 3.8) is 0 Å². The third kappa shape index (κ3) is 3.80. The van der Waals surface area contributed by atoms with Crippen LogP contribution >= 0.6 is 34.7 Å². The molecule has 0 aliphatic carbocycles. The van der Waals surface area contributed by atoms with E-state index in [4.69, 9.17) is 16.3 Å². The van der Waals surface area contributed by atoms with Gasteiger partial charge in [0.25, 0.3) is 11.7 Å². The first kappa shape index (κ1) is 19.7. The highest BCUT2D eigenvalue weighted by Crippen LogP contribution is 2.40. The average Bonchev–Trinajstić information content (AvgIpc) is 3.11. The number of hydrogen-bond acceptors (Lipinski definition) is 6. The molecule has 0 saturated carbocycles. The van der Waals surface area contributed by atoms with Gasteiger partial charge < -0.3 is 9.84 Å². The number of benzene rings is 1. The SMILES string of the molecule is CC(=O)Oc1c(C)n(C(=O)c2ccc(SC(F)F)s2)c2cc(Cl)c(O)cc12. The minimum atomic E-state index is -2.59. The standard InChI is InChI=1S/C17H12ClF2NO4S2/c1-7-15(25-8(2)22)9-5-12(23)10(18)6-11(9)21(7)16(24)13-3-4-14(26-13)27-17(19)20/h3-6,17,23H,1-2H3. The summed E-state index contributed by atoms with van der Waals surface area (Å²) in [5.74, 6) is -3.77. The smallest absolute Gasteiger partial charge is 0.308 e. The van der Waals surface area contributed by atoms with Crippen molar-refractivity contribution in [1.82, 2.24) is 4.57 Å². The number of phenols is 1. The summed E-state index contributed by atoms with van der Waals surface area (Å²) >= 11 is 7.26. The zero-order valence-electron chi connectivity index (χ0n) is 14.0. The Labute approximate surface area is 165 Å². The first-order chi connectivity index (χ1) is 12.7. The van der Waals surface area contributed by atoms with Gasteiger partial charge in [-0.3, -0.25) is 14.2 Å². The van der Waals surface area contributed by atoms with E-state index in [1.54, 1.807) is 6.92 Å². The minimum Gasteiger partial charge on any atom is -0.506 e. The van der Waals surface area contributed by atoms with Crippen LogP contribution in [0, 0.1) is 6.92 Å². The van der Waals surface area contributed by atoms with Gasteiger partial charge in [-0.2, -0.15) is 8.78 Å². The Kier molecular flexibility index (Phi) is 5.45. The molecule has 1 aromatic carbocycles. The number of aromatic nitrogens is 1. The minimum absolute atomic E-state index is 0.0172. The monoisotopic (exact) mass is 431 g/mol.